The highest BCUT2D eigenvalue weighted by atomic mass is 32.1. The molecule has 312 valence electrons. The largest absolute Gasteiger partial charge is 0.456 e. The minimum absolute atomic E-state index is 1.01. The first kappa shape index (κ1) is 48.9. The van der Waals surface area contributed by atoms with Gasteiger partial charge in [-0.25, -0.2) is 9.97 Å². The van der Waals surface area contributed by atoms with Crippen molar-refractivity contribution in [2.75, 3.05) is 0 Å². The zero-order chi connectivity index (χ0) is 50.8. The summed E-state index contributed by atoms with van der Waals surface area (Å²) in [4.78, 5) is 10.3. The lowest BCUT2D eigenvalue weighted by atomic mass is 9.56. The minimum Gasteiger partial charge on any atom is -0.456 e. The van der Waals surface area contributed by atoms with Gasteiger partial charge >= 0.3 is 0 Å². The predicted octanol–water partition coefficient (Wildman–Crippen LogP) is -25.8. The van der Waals surface area contributed by atoms with E-state index in [-0.39, 0.29) is 0 Å². The highest BCUT2D eigenvalue weighted by molar-refractivity contribution is 7.26. The Hall–Kier alpha value is -4.67. The molecule has 0 saturated carbocycles. The minimum atomic E-state index is 1.01. The van der Waals surface area contributed by atoms with Crippen LogP contribution in [0.15, 0.2) is 28.9 Å². The zero-order valence-corrected chi connectivity index (χ0v) is 46.8. The molecule has 0 fully saturated rings. The Morgan fingerprint density at radius 1 is 0.329 bits per heavy atom. The summed E-state index contributed by atoms with van der Waals surface area (Å²) in [6.45, 7) is 0. The first-order chi connectivity index (χ1) is 33.0. The average Bonchev–Trinajstić information content (AvgIpc) is 3.92. The number of furan rings is 1. The molecule has 10 aromatic rings. The van der Waals surface area contributed by atoms with Gasteiger partial charge in [0, 0.05) is 26.4 Å². The molecule has 0 aliphatic rings. The third-order valence-corrected chi connectivity index (χ3v) is 19.9. The summed E-state index contributed by atoms with van der Waals surface area (Å²) < 4.78 is 9.59. The number of benzene rings is 7. The van der Waals surface area contributed by atoms with Gasteiger partial charge in [0.05, 0.1) is 15.9 Å². The number of hydrogen-bond donors (Lipinski definition) is 0. The van der Waals surface area contributed by atoms with Crippen LogP contribution in [0, 0.1) is 0 Å². The van der Waals surface area contributed by atoms with Gasteiger partial charge in [0.25, 0.3) is 0 Å². The van der Waals surface area contributed by atoms with E-state index in [4.69, 9.17) is 14.4 Å². The standard InChI is InChI=1S/C44H48B22N2OS/c45-18-8(21(48)22(49)12-11(18)25(52)35(62)36(63)26(12)53)5-1-2-7-6(3-5)40-44(70-7)41(68-4-67-40)17-20(47)10(24(51)33(60)31(17)58)9-19(46)13(27(54)32(59)23(9)50)14-28(55)34(61)29(56)15-16-30(57)37(64)38(65)39(66)43(16)69-42(14)15/h1-4H,45-66H2. The lowest BCUT2D eigenvalue weighted by Gasteiger charge is -2.29. The molecule has 3 nitrogen and oxygen atoms in total. The Morgan fingerprint density at radius 2 is 0.729 bits per heavy atom. The molecular weight excluding hydrogens is 842 g/mol. The van der Waals surface area contributed by atoms with E-state index in [1.807, 2.05) is 11.3 Å². The van der Waals surface area contributed by atoms with Crippen molar-refractivity contribution in [1.29, 1.82) is 0 Å². The maximum Gasteiger partial charge on any atom is 0.143 e. The van der Waals surface area contributed by atoms with Gasteiger partial charge in [0.15, 0.2) is 0 Å². The van der Waals surface area contributed by atoms with E-state index < -0.39 is 0 Å². The van der Waals surface area contributed by atoms with E-state index in [9.17, 15) is 0 Å². The summed E-state index contributed by atoms with van der Waals surface area (Å²) in [5, 5.41) is 6.53. The van der Waals surface area contributed by atoms with Crippen LogP contribution in [-0.4, -0.2) is 183 Å². The van der Waals surface area contributed by atoms with Gasteiger partial charge in [0.2, 0.25) is 0 Å². The van der Waals surface area contributed by atoms with Gasteiger partial charge in [-0.15, -0.1) is 38.7 Å². The molecule has 7 aromatic carbocycles. The molecule has 0 aliphatic carbocycles. The lowest BCUT2D eigenvalue weighted by molar-refractivity contribution is 0.673. The Labute approximate surface area is 437 Å². The lowest BCUT2D eigenvalue weighted by Crippen LogP contribution is -2.52. The summed E-state index contributed by atoms with van der Waals surface area (Å²) in [5.74, 6) is 0. The van der Waals surface area contributed by atoms with Crippen molar-refractivity contribution in [3.63, 3.8) is 0 Å². The Kier molecular flexibility index (Phi) is 11.9. The fraction of sp³-hybridized carbons (Fsp3) is 0. The molecule has 3 aromatic heterocycles. The molecule has 0 spiro atoms. The fourth-order valence-corrected chi connectivity index (χ4v) is 14.3. The van der Waals surface area contributed by atoms with E-state index in [0.717, 1.165) is 27.1 Å². The van der Waals surface area contributed by atoms with Gasteiger partial charge in [-0.3, -0.25) is 0 Å². The molecule has 0 aliphatic heterocycles. The zero-order valence-electron chi connectivity index (χ0n) is 46.0. The van der Waals surface area contributed by atoms with Gasteiger partial charge in [-0.05, 0) is 56.3 Å². The number of rotatable bonds is 4. The van der Waals surface area contributed by atoms with Gasteiger partial charge in [0.1, 0.15) is 190 Å². The quantitative estimate of drug-likeness (QED) is 0.165. The van der Waals surface area contributed by atoms with Crippen LogP contribution in [0.2, 0.25) is 0 Å². The number of nitrogens with zero attached hydrogens (tertiary/aromatic N) is 2. The van der Waals surface area contributed by atoms with Crippen LogP contribution in [0.5, 0.6) is 0 Å². The van der Waals surface area contributed by atoms with Crippen LogP contribution >= 0.6 is 11.3 Å². The van der Waals surface area contributed by atoms with Crippen molar-refractivity contribution in [3.05, 3.63) is 24.5 Å². The van der Waals surface area contributed by atoms with Crippen molar-refractivity contribution >= 4 is 357 Å². The number of hydrogen-bond acceptors (Lipinski definition) is 4. The summed E-state index contributed by atoms with van der Waals surface area (Å²) in [5.41, 5.74) is 42.2. The first-order valence-corrected chi connectivity index (χ1v) is 26.1. The van der Waals surface area contributed by atoms with Crippen molar-refractivity contribution < 1.29 is 4.42 Å². The average molecular weight is 891 g/mol. The van der Waals surface area contributed by atoms with Crippen LogP contribution in [0.4, 0.5) is 0 Å². The number of thiophene rings is 1. The molecule has 0 amide bonds. The summed E-state index contributed by atoms with van der Waals surface area (Å²) in [7, 11) is 50.7. The molecule has 0 saturated heterocycles. The van der Waals surface area contributed by atoms with E-state index in [0.29, 0.717) is 0 Å². The predicted molar refractivity (Wildman–Crippen MR) is 381 cm³/mol. The molecule has 0 unspecified atom stereocenters. The molecule has 0 atom stereocenters. The number of aromatic nitrogens is 2. The van der Waals surface area contributed by atoms with Crippen molar-refractivity contribution in [2.45, 2.75) is 0 Å². The third-order valence-electron chi connectivity index (χ3n) is 18.7. The third kappa shape index (κ3) is 6.51. The topological polar surface area (TPSA) is 38.9 Å². The Balaban J connectivity index is 1.22. The molecule has 10 rings (SSSR count). The highest BCUT2D eigenvalue weighted by Crippen LogP contribution is 2.39. The molecular formula is C44H48B22N2OS. The van der Waals surface area contributed by atoms with Gasteiger partial charge < -0.3 is 4.42 Å². The smallest absolute Gasteiger partial charge is 0.143 e. The first-order valence-electron chi connectivity index (χ1n) is 25.3. The Morgan fingerprint density at radius 3 is 1.30 bits per heavy atom. The highest BCUT2D eigenvalue weighted by Gasteiger charge is 2.29. The van der Waals surface area contributed by atoms with Crippen molar-refractivity contribution in [1.82, 2.24) is 9.97 Å². The van der Waals surface area contributed by atoms with Crippen LogP contribution < -0.4 is 120 Å². The molecule has 0 radical (unpaired) electrons. The summed E-state index contributed by atoms with van der Waals surface area (Å²) in [6.07, 6.45) is 1.80. The van der Waals surface area contributed by atoms with Gasteiger partial charge in [-0.2, -0.15) is 0 Å². The van der Waals surface area contributed by atoms with Crippen LogP contribution in [0.3, 0.4) is 0 Å². The molecule has 0 N–H and O–H groups in total. The fourth-order valence-electron chi connectivity index (χ4n) is 13.2. The van der Waals surface area contributed by atoms with Crippen LogP contribution in [-0.2, 0) is 0 Å². The van der Waals surface area contributed by atoms with Gasteiger partial charge in [-0.1, -0.05) is 98.9 Å². The molecule has 3 heterocycles. The summed E-state index contributed by atoms with van der Waals surface area (Å²) in [6, 6.07) is 7.07. The van der Waals surface area contributed by atoms with E-state index in [2.05, 4.69) is 191 Å². The second kappa shape index (κ2) is 17.0. The van der Waals surface area contributed by atoms with E-state index >= 15 is 0 Å². The molecule has 70 heavy (non-hydrogen) atoms. The van der Waals surface area contributed by atoms with E-state index in [1.165, 1.54) is 191 Å². The molecule has 0 bridgehead atoms. The molecule has 26 heteroatoms. The monoisotopic (exact) mass is 895 g/mol. The van der Waals surface area contributed by atoms with Crippen LogP contribution in [0.1, 0.15) is 0 Å². The SMILES string of the molecule is Bc1c(B)c(-c2c(B)c(B)c(B)c(-c3ncnc4c3sc3ccc(-c5c(B)c(B)c6c(B)c(B)c(B)c(B)c6c5B)cc34)c2B)c(B)c(-c2c(B)c(B)c(B)c3c2oc2c(B)c(B)c(B)c(B)c23)c1B. The maximum atomic E-state index is 7.22. The van der Waals surface area contributed by atoms with E-state index in [1.54, 1.807) is 6.33 Å². The summed E-state index contributed by atoms with van der Waals surface area (Å²) >= 11 is 1.82. The maximum absolute atomic E-state index is 7.22. The second-order valence-corrected chi connectivity index (χ2v) is 22.5. The van der Waals surface area contributed by atoms with Crippen LogP contribution in [0.25, 0.3) is 97.7 Å². The van der Waals surface area contributed by atoms with Crippen molar-refractivity contribution in [3.8, 4) is 44.6 Å². The normalized spacial score (nSPS) is 11.8. The Bertz CT molecular complexity index is 4110. The second-order valence-electron chi connectivity index (χ2n) is 21.5. The number of fused-ring (bicyclic) bond motifs is 7. The van der Waals surface area contributed by atoms with Crippen molar-refractivity contribution in [2.24, 2.45) is 0 Å².